The summed E-state index contributed by atoms with van der Waals surface area (Å²) < 4.78 is 6.56. The quantitative estimate of drug-likeness (QED) is 0.176. The van der Waals surface area contributed by atoms with Gasteiger partial charge in [-0.1, -0.05) is 152 Å². The number of hydrogen-bond acceptors (Lipinski definition) is 2. The maximum atomic E-state index is 6.56. The first-order chi connectivity index (χ1) is 25.8. The van der Waals surface area contributed by atoms with Crippen molar-refractivity contribution >= 4 is 60.5 Å². The van der Waals surface area contributed by atoms with Gasteiger partial charge < -0.3 is 9.32 Å². The highest BCUT2D eigenvalue weighted by atomic mass is 16.3. The van der Waals surface area contributed by atoms with E-state index in [1.54, 1.807) is 0 Å². The number of benzene rings is 9. The first-order valence-electron chi connectivity index (χ1n) is 17.8. The Morgan fingerprint density at radius 3 is 1.69 bits per heavy atom. The maximum absolute atomic E-state index is 6.56. The largest absolute Gasteiger partial charge is 0.455 e. The van der Waals surface area contributed by atoms with Gasteiger partial charge in [0.05, 0.1) is 0 Å². The van der Waals surface area contributed by atoms with E-state index in [2.05, 4.69) is 205 Å². The average Bonchev–Trinajstić information content (AvgIpc) is 3.62. The number of rotatable bonds is 6. The zero-order chi connectivity index (χ0) is 34.4. The van der Waals surface area contributed by atoms with Crippen molar-refractivity contribution in [3.05, 3.63) is 200 Å². The molecule has 0 saturated heterocycles. The minimum atomic E-state index is 0.895. The lowest BCUT2D eigenvalue weighted by Gasteiger charge is -2.26. The second kappa shape index (κ2) is 12.5. The lowest BCUT2D eigenvalue weighted by Crippen LogP contribution is -2.10. The molecule has 0 amide bonds. The molecule has 1 heterocycles. The van der Waals surface area contributed by atoms with Crippen LogP contribution in [0.2, 0.25) is 0 Å². The number of nitrogens with zero attached hydrogens (tertiary/aromatic N) is 1. The van der Waals surface area contributed by atoms with Crippen molar-refractivity contribution in [2.45, 2.75) is 0 Å². The third kappa shape index (κ3) is 5.12. The predicted molar refractivity (Wildman–Crippen MR) is 220 cm³/mol. The van der Waals surface area contributed by atoms with E-state index in [1.807, 2.05) is 0 Å². The fourth-order valence-electron chi connectivity index (χ4n) is 7.75. The number of hydrogen-bond donors (Lipinski definition) is 0. The van der Waals surface area contributed by atoms with E-state index in [-0.39, 0.29) is 0 Å². The van der Waals surface area contributed by atoms with Crippen molar-refractivity contribution in [3.8, 4) is 33.4 Å². The van der Waals surface area contributed by atoms with Crippen molar-refractivity contribution in [3.63, 3.8) is 0 Å². The van der Waals surface area contributed by atoms with Crippen LogP contribution in [0.5, 0.6) is 0 Å². The van der Waals surface area contributed by atoms with Crippen molar-refractivity contribution in [2.24, 2.45) is 0 Å². The molecule has 2 nitrogen and oxygen atoms in total. The summed E-state index contributed by atoms with van der Waals surface area (Å²) in [7, 11) is 0. The van der Waals surface area contributed by atoms with Gasteiger partial charge in [-0.05, 0) is 98.1 Å². The summed E-state index contributed by atoms with van der Waals surface area (Å²) in [5.74, 6) is 0. The van der Waals surface area contributed by atoms with E-state index in [0.29, 0.717) is 0 Å². The lowest BCUT2D eigenvalue weighted by molar-refractivity contribution is 0.673. The molecule has 0 bridgehead atoms. The average molecular weight is 664 g/mol. The molecule has 10 aromatic rings. The van der Waals surface area contributed by atoms with E-state index < -0.39 is 0 Å². The molecule has 52 heavy (non-hydrogen) atoms. The Morgan fingerprint density at radius 2 is 0.904 bits per heavy atom. The molecule has 0 fully saturated rings. The highest BCUT2D eigenvalue weighted by Gasteiger charge is 2.18. The number of furan rings is 1. The fourth-order valence-corrected chi connectivity index (χ4v) is 7.75. The van der Waals surface area contributed by atoms with Crippen molar-refractivity contribution in [1.29, 1.82) is 0 Å². The molecule has 9 aromatic carbocycles. The van der Waals surface area contributed by atoms with Crippen LogP contribution >= 0.6 is 0 Å². The van der Waals surface area contributed by atoms with E-state index in [4.69, 9.17) is 4.42 Å². The molecule has 0 unspecified atom stereocenters. The van der Waals surface area contributed by atoms with Gasteiger partial charge in [0, 0.05) is 33.2 Å². The predicted octanol–water partition coefficient (Wildman–Crippen LogP) is 14.4. The lowest BCUT2D eigenvalue weighted by atomic mass is 9.97. The van der Waals surface area contributed by atoms with Gasteiger partial charge in [-0.3, -0.25) is 0 Å². The molecular weight excluding hydrogens is 631 g/mol. The number of anilines is 3. The van der Waals surface area contributed by atoms with Crippen LogP contribution in [-0.2, 0) is 0 Å². The molecule has 0 saturated carbocycles. The molecule has 244 valence electrons. The first kappa shape index (κ1) is 30.0. The second-order valence-corrected chi connectivity index (χ2v) is 13.3. The molecule has 0 aliphatic heterocycles. The molecule has 0 aliphatic rings. The Bertz CT molecular complexity index is 2880. The van der Waals surface area contributed by atoms with Gasteiger partial charge >= 0.3 is 0 Å². The Labute approximate surface area is 302 Å². The topological polar surface area (TPSA) is 16.4 Å². The van der Waals surface area contributed by atoms with Crippen molar-refractivity contribution in [1.82, 2.24) is 0 Å². The molecule has 2 heteroatoms. The minimum absolute atomic E-state index is 0.895. The Kier molecular flexibility index (Phi) is 7.18. The zero-order valence-electron chi connectivity index (χ0n) is 28.4. The summed E-state index contributed by atoms with van der Waals surface area (Å²) in [4.78, 5) is 2.35. The monoisotopic (exact) mass is 663 g/mol. The Balaban J connectivity index is 1.11. The maximum Gasteiger partial charge on any atom is 0.143 e. The SMILES string of the molecule is c1ccc(-c2ccc(N(c3ccc(-c4cccc5ccccc45)cc3)c3cccc(-c4cccc5oc6c7ccccc7ccc6c45)c3)cc2)cc1. The van der Waals surface area contributed by atoms with Crippen molar-refractivity contribution < 1.29 is 4.42 Å². The van der Waals surface area contributed by atoms with Crippen LogP contribution in [0.1, 0.15) is 0 Å². The molecule has 0 N–H and O–H groups in total. The molecule has 0 spiro atoms. The summed E-state index contributed by atoms with van der Waals surface area (Å²) in [6, 6.07) is 71.6. The molecule has 0 aliphatic carbocycles. The Morgan fingerprint density at radius 1 is 0.327 bits per heavy atom. The van der Waals surface area contributed by atoms with Crippen LogP contribution in [-0.4, -0.2) is 0 Å². The van der Waals surface area contributed by atoms with Crippen molar-refractivity contribution in [2.75, 3.05) is 4.90 Å². The molecular formula is C50H33NO. The second-order valence-electron chi connectivity index (χ2n) is 13.3. The van der Waals surface area contributed by atoms with E-state index in [1.165, 1.54) is 38.4 Å². The van der Waals surface area contributed by atoms with Crippen LogP contribution in [0.4, 0.5) is 17.1 Å². The third-order valence-electron chi connectivity index (χ3n) is 10.3. The van der Waals surface area contributed by atoms with Crippen LogP contribution in [0.15, 0.2) is 205 Å². The van der Waals surface area contributed by atoms with Crippen LogP contribution < -0.4 is 4.90 Å². The van der Waals surface area contributed by atoms with Gasteiger partial charge in [-0.2, -0.15) is 0 Å². The van der Waals surface area contributed by atoms with Gasteiger partial charge in [-0.25, -0.2) is 0 Å². The Hall–Kier alpha value is -6.90. The first-order valence-corrected chi connectivity index (χ1v) is 17.8. The van der Waals surface area contributed by atoms with Gasteiger partial charge in [0.15, 0.2) is 0 Å². The summed E-state index contributed by atoms with van der Waals surface area (Å²) in [6.45, 7) is 0. The number of fused-ring (bicyclic) bond motifs is 6. The highest BCUT2D eigenvalue weighted by Crippen LogP contribution is 2.42. The minimum Gasteiger partial charge on any atom is -0.455 e. The van der Waals surface area contributed by atoms with E-state index >= 15 is 0 Å². The van der Waals surface area contributed by atoms with Crippen LogP contribution in [0.3, 0.4) is 0 Å². The van der Waals surface area contributed by atoms with Crippen LogP contribution in [0, 0.1) is 0 Å². The van der Waals surface area contributed by atoms with Gasteiger partial charge in [0.1, 0.15) is 11.2 Å². The fraction of sp³-hybridized carbons (Fsp3) is 0. The normalized spacial score (nSPS) is 11.5. The molecule has 0 radical (unpaired) electrons. The summed E-state index contributed by atoms with van der Waals surface area (Å²) >= 11 is 0. The summed E-state index contributed by atoms with van der Waals surface area (Å²) in [5.41, 5.74) is 12.2. The molecule has 0 atom stereocenters. The van der Waals surface area contributed by atoms with Gasteiger partial charge in [0.25, 0.3) is 0 Å². The van der Waals surface area contributed by atoms with Gasteiger partial charge in [-0.15, -0.1) is 0 Å². The van der Waals surface area contributed by atoms with Crippen LogP contribution in [0.25, 0.3) is 76.9 Å². The zero-order valence-corrected chi connectivity index (χ0v) is 28.4. The molecule has 1 aromatic heterocycles. The third-order valence-corrected chi connectivity index (χ3v) is 10.3. The van der Waals surface area contributed by atoms with E-state index in [9.17, 15) is 0 Å². The molecule has 10 rings (SSSR count). The summed E-state index contributed by atoms with van der Waals surface area (Å²) in [6.07, 6.45) is 0. The standard InChI is InChI=1S/C50H33NO/c1-2-11-34(12-3-1)35-23-28-40(29-24-35)51(41-30-25-38(26-31-41)44-20-9-15-36-13-4-6-18-43(36)44)42-17-8-16-39(33-42)45-21-10-22-48-49(45)47-32-27-37-14-5-7-19-46(37)50(47)52-48/h1-33H. The highest BCUT2D eigenvalue weighted by molar-refractivity contribution is 6.19. The van der Waals surface area contributed by atoms with Gasteiger partial charge in [0.2, 0.25) is 0 Å². The summed E-state index contributed by atoms with van der Waals surface area (Å²) in [5, 5.41) is 7.08. The smallest absolute Gasteiger partial charge is 0.143 e. The van der Waals surface area contributed by atoms with E-state index in [0.717, 1.165) is 55.5 Å².